The third kappa shape index (κ3) is 5.16. The van der Waals surface area contributed by atoms with Crippen molar-refractivity contribution in [2.45, 2.75) is 26.8 Å². The Bertz CT molecular complexity index is 408. The standard InChI is InChI=1S/C14H23BrN2O2S/c1-4-17(5-2)9-8-16-12(14(18)19-6-3)13-11(15)7-10-20-13/h7,10,12,16H,4-6,8-9H2,1-3H3. The molecular weight excluding hydrogens is 340 g/mol. The van der Waals surface area contributed by atoms with Gasteiger partial charge in [-0.25, -0.2) is 4.79 Å². The third-order valence-corrected chi connectivity index (χ3v) is 5.04. The summed E-state index contributed by atoms with van der Waals surface area (Å²) in [5.74, 6) is -0.213. The smallest absolute Gasteiger partial charge is 0.328 e. The van der Waals surface area contributed by atoms with E-state index in [1.165, 1.54) is 0 Å². The van der Waals surface area contributed by atoms with Crippen LogP contribution in [0.25, 0.3) is 0 Å². The molecule has 0 aromatic carbocycles. The second kappa shape index (κ2) is 9.50. The van der Waals surface area contributed by atoms with Gasteiger partial charge in [0.25, 0.3) is 0 Å². The normalized spacial score (nSPS) is 12.7. The zero-order chi connectivity index (χ0) is 15.0. The predicted molar refractivity (Wildman–Crippen MR) is 87.2 cm³/mol. The summed E-state index contributed by atoms with van der Waals surface area (Å²) in [6.07, 6.45) is 0. The van der Waals surface area contributed by atoms with Crippen LogP contribution in [0.1, 0.15) is 31.7 Å². The quantitative estimate of drug-likeness (QED) is 0.685. The molecule has 0 saturated carbocycles. The van der Waals surface area contributed by atoms with Crippen LogP contribution in [0.4, 0.5) is 0 Å². The monoisotopic (exact) mass is 362 g/mol. The Balaban J connectivity index is 2.65. The number of ether oxygens (including phenoxy) is 1. The molecule has 1 atom stereocenters. The van der Waals surface area contributed by atoms with Crippen LogP contribution in [0.15, 0.2) is 15.9 Å². The van der Waals surface area contributed by atoms with E-state index in [0.717, 1.165) is 35.5 Å². The molecule has 0 radical (unpaired) electrons. The fourth-order valence-corrected chi connectivity index (χ4v) is 3.59. The van der Waals surface area contributed by atoms with E-state index in [0.29, 0.717) is 6.61 Å². The molecule has 1 aromatic heterocycles. The van der Waals surface area contributed by atoms with Gasteiger partial charge in [0.1, 0.15) is 6.04 Å². The number of rotatable bonds is 9. The summed E-state index contributed by atoms with van der Waals surface area (Å²) in [5.41, 5.74) is 0. The lowest BCUT2D eigenvalue weighted by molar-refractivity contribution is -0.145. The zero-order valence-corrected chi connectivity index (χ0v) is 14.7. The highest BCUT2D eigenvalue weighted by Crippen LogP contribution is 2.29. The van der Waals surface area contributed by atoms with Gasteiger partial charge in [-0.05, 0) is 47.4 Å². The second-order valence-corrected chi connectivity index (χ2v) is 6.10. The van der Waals surface area contributed by atoms with E-state index in [4.69, 9.17) is 4.74 Å². The topological polar surface area (TPSA) is 41.6 Å². The van der Waals surface area contributed by atoms with E-state index in [1.807, 2.05) is 18.4 Å². The van der Waals surface area contributed by atoms with Gasteiger partial charge >= 0.3 is 5.97 Å². The van der Waals surface area contributed by atoms with Crippen LogP contribution in [0.5, 0.6) is 0 Å². The summed E-state index contributed by atoms with van der Waals surface area (Å²) in [4.78, 5) is 15.4. The second-order valence-electron chi connectivity index (χ2n) is 4.30. The van der Waals surface area contributed by atoms with Crippen molar-refractivity contribution in [3.8, 4) is 0 Å². The molecule has 1 rings (SSSR count). The molecule has 20 heavy (non-hydrogen) atoms. The Hall–Kier alpha value is -0.430. The molecule has 0 aliphatic carbocycles. The number of thiophene rings is 1. The lowest BCUT2D eigenvalue weighted by Crippen LogP contribution is -2.36. The molecule has 0 aliphatic heterocycles. The number of likely N-dealkylation sites (N-methyl/N-ethyl adjacent to an activating group) is 1. The van der Waals surface area contributed by atoms with Gasteiger partial charge in [0.05, 0.1) is 6.61 Å². The van der Waals surface area contributed by atoms with Gasteiger partial charge < -0.3 is 9.64 Å². The fourth-order valence-electron chi connectivity index (χ4n) is 1.93. The summed E-state index contributed by atoms with van der Waals surface area (Å²) in [6, 6.07) is 1.57. The van der Waals surface area contributed by atoms with Crippen molar-refractivity contribution in [1.82, 2.24) is 10.2 Å². The average molecular weight is 363 g/mol. The summed E-state index contributed by atoms with van der Waals surface area (Å²) in [5, 5.41) is 5.28. The van der Waals surface area contributed by atoms with E-state index in [-0.39, 0.29) is 12.0 Å². The molecule has 0 aliphatic rings. The number of carbonyl (C=O) groups excluding carboxylic acids is 1. The summed E-state index contributed by atoms with van der Waals surface area (Å²) < 4.78 is 6.12. The first-order valence-electron chi connectivity index (χ1n) is 6.99. The van der Waals surface area contributed by atoms with Gasteiger partial charge in [-0.1, -0.05) is 13.8 Å². The molecule has 6 heteroatoms. The van der Waals surface area contributed by atoms with Crippen molar-refractivity contribution >= 4 is 33.2 Å². The number of hydrogen-bond donors (Lipinski definition) is 1. The minimum atomic E-state index is -0.389. The van der Waals surface area contributed by atoms with Crippen molar-refractivity contribution in [3.63, 3.8) is 0 Å². The Morgan fingerprint density at radius 1 is 1.45 bits per heavy atom. The number of carbonyl (C=O) groups is 1. The molecule has 0 bridgehead atoms. The number of nitrogens with zero attached hydrogens (tertiary/aromatic N) is 1. The number of hydrogen-bond acceptors (Lipinski definition) is 5. The molecule has 0 amide bonds. The predicted octanol–water partition coefficient (Wildman–Crippen LogP) is 3.05. The molecule has 1 heterocycles. The molecule has 1 aromatic rings. The van der Waals surface area contributed by atoms with Crippen molar-refractivity contribution in [3.05, 3.63) is 20.8 Å². The van der Waals surface area contributed by atoms with E-state index >= 15 is 0 Å². The first kappa shape index (κ1) is 17.6. The maximum Gasteiger partial charge on any atom is 0.328 e. The highest BCUT2D eigenvalue weighted by Gasteiger charge is 2.24. The first-order valence-corrected chi connectivity index (χ1v) is 8.66. The van der Waals surface area contributed by atoms with Crippen LogP contribution in [-0.2, 0) is 9.53 Å². The minimum absolute atomic E-state index is 0.213. The van der Waals surface area contributed by atoms with Crippen LogP contribution in [-0.4, -0.2) is 43.7 Å². The van der Waals surface area contributed by atoms with Crippen molar-refractivity contribution in [2.75, 3.05) is 32.8 Å². The van der Waals surface area contributed by atoms with Gasteiger partial charge in [-0.2, -0.15) is 0 Å². The van der Waals surface area contributed by atoms with Gasteiger partial charge in [0, 0.05) is 22.4 Å². The SMILES string of the molecule is CCOC(=O)C(NCCN(CC)CC)c1sccc1Br. The van der Waals surface area contributed by atoms with E-state index in [9.17, 15) is 4.79 Å². The van der Waals surface area contributed by atoms with Crippen molar-refractivity contribution in [2.24, 2.45) is 0 Å². The van der Waals surface area contributed by atoms with E-state index in [2.05, 4.69) is 40.0 Å². The molecule has 114 valence electrons. The maximum absolute atomic E-state index is 12.1. The highest BCUT2D eigenvalue weighted by molar-refractivity contribution is 9.10. The molecule has 0 fully saturated rings. The van der Waals surface area contributed by atoms with Gasteiger partial charge in [-0.3, -0.25) is 5.32 Å². The van der Waals surface area contributed by atoms with E-state index < -0.39 is 0 Å². The maximum atomic E-state index is 12.1. The lowest BCUT2D eigenvalue weighted by atomic mass is 10.2. The van der Waals surface area contributed by atoms with Crippen LogP contribution >= 0.6 is 27.3 Å². The molecular formula is C14H23BrN2O2S. The van der Waals surface area contributed by atoms with Crippen molar-refractivity contribution < 1.29 is 9.53 Å². The fraction of sp³-hybridized carbons (Fsp3) is 0.643. The Kier molecular flexibility index (Phi) is 8.37. The third-order valence-electron chi connectivity index (χ3n) is 3.10. The summed E-state index contributed by atoms with van der Waals surface area (Å²) in [7, 11) is 0. The van der Waals surface area contributed by atoms with Crippen LogP contribution < -0.4 is 5.32 Å². The largest absolute Gasteiger partial charge is 0.465 e. The molecule has 0 spiro atoms. The molecule has 1 unspecified atom stereocenters. The first-order chi connectivity index (χ1) is 9.63. The van der Waals surface area contributed by atoms with Crippen LogP contribution in [0, 0.1) is 0 Å². The number of esters is 1. The summed E-state index contributed by atoms with van der Waals surface area (Å²) >= 11 is 5.05. The van der Waals surface area contributed by atoms with Crippen LogP contribution in [0.2, 0.25) is 0 Å². The van der Waals surface area contributed by atoms with Crippen molar-refractivity contribution in [1.29, 1.82) is 0 Å². The Morgan fingerprint density at radius 2 is 2.15 bits per heavy atom. The number of nitrogens with one attached hydrogen (secondary N) is 1. The highest BCUT2D eigenvalue weighted by atomic mass is 79.9. The summed E-state index contributed by atoms with van der Waals surface area (Å²) in [6.45, 7) is 10.2. The number of halogens is 1. The zero-order valence-electron chi connectivity index (χ0n) is 12.3. The molecule has 1 N–H and O–H groups in total. The Morgan fingerprint density at radius 3 is 2.65 bits per heavy atom. The van der Waals surface area contributed by atoms with Gasteiger partial charge in [-0.15, -0.1) is 11.3 Å². The lowest BCUT2D eigenvalue weighted by Gasteiger charge is -2.21. The Labute approximate surface area is 133 Å². The van der Waals surface area contributed by atoms with Gasteiger partial charge in [0.2, 0.25) is 0 Å². The average Bonchev–Trinajstić information content (AvgIpc) is 2.85. The molecule has 0 saturated heterocycles. The van der Waals surface area contributed by atoms with Crippen LogP contribution in [0.3, 0.4) is 0 Å². The minimum Gasteiger partial charge on any atom is -0.465 e. The molecule has 4 nitrogen and oxygen atoms in total. The van der Waals surface area contributed by atoms with Gasteiger partial charge in [0.15, 0.2) is 0 Å². The van der Waals surface area contributed by atoms with E-state index in [1.54, 1.807) is 11.3 Å².